The quantitative estimate of drug-likeness (QED) is 0.626. The number of likely N-dealkylation sites (tertiary alicyclic amines) is 1. The second-order valence-electron chi connectivity index (χ2n) is 3.68. The molecule has 0 aromatic rings. The first-order chi connectivity index (χ1) is 6.05. The lowest BCUT2D eigenvalue weighted by molar-refractivity contribution is 0.538. The van der Waals surface area contributed by atoms with E-state index in [-0.39, 0.29) is 4.75 Å². The molecule has 13 heavy (non-hydrogen) atoms. The van der Waals surface area contributed by atoms with Crippen molar-refractivity contribution in [1.82, 2.24) is 4.90 Å². The van der Waals surface area contributed by atoms with E-state index in [9.17, 15) is 0 Å². The Morgan fingerprint density at radius 1 is 1.46 bits per heavy atom. The normalized spacial score (nSPS) is 17.2. The van der Waals surface area contributed by atoms with Gasteiger partial charge in [0.15, 0.2) is 0 Å². The second-order valence-corrected chi connectivity index (χ2v) is 5.94. The standard InChI is InChI=1S/C9H14N2S2/c1-9(2,7-10)13-8(12)11-5-3-4-6-11/h3-6H2,1-2H3. The number of thioether (sulfide) groups is 1. The van der Waals surface area contributed by atoms with Gasteiger partial charge in [0.1, 0.15) is 9.07 Å². The molecule has 0 aromatic carbocycles. The predicted molar refractivity (Wildman–Crippen MR) is 60.7 cm³/mol. The zero-order valence-corrected chi connectivity index (χ0v) is 9.67. The van der Waals surface area contributed by atoms with E-state index in [0.717, 1.165) is 17.4 Å². The van der Waals surface area contributed by atoms with Crippen molar-refractivity contribution in [2.75, 3.05) is 13.1 Å². The molecule has 4 heteroatoms. The molecule has 1 heterocycles. The summed E-state index contributed by atoms with van der Waals surface area (Å²) in [6.45, 7) is 5.93. The minimum absolute atomic E-state index is 0.389. The molecule has 0 spiro atoms. The minimum atomic E-state index is -0.389. The van der Waals surface area contributed by atoms with Crippen LogP contribution in [0, 0.1) is 11.3 Å². The first kappa shape index (κ1) is 10.8. The topological polar surface area (TPSA) is 27.0 Å². The summed E-state index contributed by atoms with van der Waals surface area (Å²) in [5.41, 5.74) is 0. The van der Waals surface area contributed by atoms with Gasteiger partial charge in [-0.05, 0) is 26.7 Å². The summed E-state index contributed by atoms with van der Waals surface area (Å²) in [6.07, 6.45) is 2.46. The largest absolute Gasteiger partial charge is 0.357 e. The summed E-state index contributed by atoms with van der Waals surface area (Å²) in [7, 11) is 0. The van der Waals surface area contributed by atoms with E-state index in [1.165, 1.54) is 24.6 Å². The van der Waals surface area contributed by atoms with E-state index in [1.54, 1.807) is 0 Å². The second kappa shape index (κ2) is 4.30. The van der Waals surface area contributed by atoms with E-state index < -0.39 is 0 Å². The molecule has 0 bridgehead atoms. The third-order valence-corrected chi connectivity index (χ3v) is 3.52. The van der Waals surface area contributed by atoms with Crippen LogP contribution in [0.3, 0.4) is 0 Å². The molecule has 72 valence electrons. The highest BCUT2D eigenvalue weighted by molar-refractivity contribution is 8.23. The van der Waals surface area contributed by atoms with Crippen LogP contribution < -0.4 is 0 Å². The Labute approximate surface area is 89.3 Å². The molecule has 0 aromatic heterocycles. The minimum Gasteiger partial charge on any atom is -0.357 e. The van der Waals surface area contributed by atoms with E-state index in [4.69, 9.17) is 17.5 Å². The van der Waals surface area contributed by atoms with Crippen molar-refractivity contribution in [2.45, 2.75) is 31.4 Å². The number of thiocarbonyl (C=S) groups is 1. The number of nitriles is 1. The molecule has 0 N–H and O–H groups in total. The summed E-state index contributed by atoms with van der Waals surface area (Å²) in [5.74, 6) is 0. The Bertz CT molecular complexity index is 236. The molecule has 1 fully saturated rings. The van der Waals surface area contributed by atoms with Gasteiger partial charge in [0, 0.05) is 13.1 Å². The fourth-order valence-electron chi connectivity index (χ4n) is 1.21. The fraction of sp³-hybridized carbons (Fsp3) is 0.778. The summed E-state index contributed by atoms with van der Waals surface area (Å²) in [6, 6.07) is 2.24. The maximum atomic E-state index is 8.84. The lowest BCUT2D eigenvalue weighted by atomic mass is 10.2. The SMILES string of the molecule is CC(C)(C#N)SC(=S)N1CCCC1. The summed E-state index contributed by atoms with van der Waals surface area (Å²) in [4.78, 5) is 2.19. The monoisotopic (exact) mass is 214 g/mol. The van der Waals surface area contributed by atoms with Crippen LogP contribution >= 0.6 is 24.0 Å². The fourth-order valence-corrected chi connectivity index (χ4v) is 2.81. The van der Waals surface area contributed by atoms with Crippen molar-refractivity contribution in [3.05, 3.63) is 0 Å². The van der Waals surface area contributed by atoms with Crippen molar-refractivity contribution in [3.63, 3.8) is 0 Å². The average Bonchev–Trinajstić information content (AvgIpc) is 2.55. The van der Waals surface area contributed by atoms with E-state index in [0.29, 0.717) is 0 Å². The zero-order valence-electron chi connectivity index (χ0n) is 8.04. The molecule has 2 nitrogen and oxygen atoms in total. The van der Waals surface area contributed by atoms with Crippen molar-refractivity contribution >= 4 is 28.3 Å². The molecule has 1 rings (SSSR count). The highest BCUT2D eigenvalue weighted by Gasteiger charge is 2.24. The first-order valence-electron chi connectivity index (χ1n) is 4.44. The number of rotatable bonds is 1. The highest BCUT2D eigenvalue weighted by atomic mass is 32.2. The number of nitrogens with zero attached hydrogens (tertiary/aromatic N) is 2. The lowest BCUT2D eigenvalue weighted by Crippen LogP contribution is -2.27. The molecule has 0 saturated carbocycles. The first-order valence-corrected chi connectivity index (χ1v) is 5.67. The maximum absolute atomic E-state index is 8.84. The molecule has 0 amide bonds. The van der Waals surface area contributed by atoms with Gasteiger partial charge in [-0.1, -0.05) is 24.0 Å². The number of hydrogen-bond acceptors (Lipinski definition) is 3. The van der Waals surface area contributed by atoms with Crippen LogP contribution in [-0.4, -0.2) is 27.1 Å². The molecule has 0 radical (unpaired) electrons. The molecule has 1 aliphatic rings. The Balaban J connectivity index is 2.45. The molecule has 0 unspecified atom stereocenters. The van der Waals surface area contributed by atoms with Crippen LogP contribution in [0.15, 0.2) is 0 Å². The van der Waals surface area contributed by atoms with Crippen molar-refractivity contribution in [1.29, 1.82) is 5.26 Å². The number of hydrogen-bond donors (Lipinski definition) is 0. The van der Waals surface area contributed by atoms with Gasteiger partial charge in [-0.15, -0.1) is 0 Å². The van der Waals surface area contributed by atoms with Crippen molar-refractivity contribution in [3.8, 4) is 6.07 Å². The van der Waals surface area contributed by atoms with Crippen LogP contribution in [0.5, 0.6) is 0 Å². The molecule has 0 aliphatic carbocycles. The van der Waals surface area contributed by atoms with Crippen LogP contribution in [0.4, 0.5) is 0 Å². The van der Waals surface area contributed by atoms with Crippen molar-refractivity contribution in [2.24, 2.45) is 0 Å². The van der Waals surface area contributed by atoms with Crippen LogP contribution in [0.25, 0.3) is 0 Å². The highest BCUT2D eigenvalue weighted by Crippen LogP contribution is 2.27. The van der Waals surface area contributed by atoms with Crippen LogP contribution in [0.2, 0.25) is 0 Å². The molecule has 1 aliphatic heterocycles. The van der Waals surface area contributed by atoms with E-state index in [2.05, 4.69) is 11.0 Å². The van der Waals surface area contributed by atoms with E-state index in [1.807, 2.05) is 13.8 Å². The molecular weight excluding hydrogens is 200 g/mol. The van der Waals surface area contributed by atoms with Gasteiger partial charge in [-0.3, -0.25) is 0 Å². The van der Waals surface area contributed by atoms with Gasteiger partial charge >= 0.3 is 0 Å². The summed E-state index contributed by atoms with van der Waals surface area (Å²) >= 11 is 6.76. The van der Waals surface area contributed by atoms with Crippen LogP contribution in [-0.2, 0) is 0 Å². The average molecular weight is 214 g/mol. The Hall–Kier alpha value is -0.270. The van der Waals surface area contributed by atoms with Gasteiger partial charge in [-0.25, -0.2) is 0 Å². The Kier molecular flexibility index (Phi) is 3.57. The van der Waals surface area contributed by atoms with Gasteiger partial charge < -0.3 is 4.90 Å². The Morgan fingerprint density at radius 3 is 2.46 bits per heavy atom. The van der Waals surface area contributed by atoms with Crippen LogP contribution in [0.1, 0.15) is 26.7 Å². The van der Waals surface area contributed by atoms with Gasteiger partial charge in [-0.2, -0.15) is 5.26 Å². The summed E-state index contributed by atoms with van der Waals surface area (Å²) in [5, 5.41) is 8.84. The Morgan fingerprint density at radius 2 is 2.00 bits per heavy atom. The molecular formula is C9H14N2S2. The molecule has 0 atom stereocenters. The summed E-state index contributed by atoms with van der Waals surface area (Å²) < 4.78 is 0.490. The van der Waals surface area contributed by atoms with E-state index >= 15 is 0 Å². The van der Waals surface area contributed by atoms with Gasteiger partial charge in [0.05, 0.1) is 6.07 Å². The van der Waals surface area contributed by atoms with Gasteiger partial charge in [0.25, 0.3) is 0 Å². The maximum Gasteiger partial charge on any atom is 0.137 e. The van der Waals surface area contributed by atoms with Crippen molar-refractivity contribution < 1.29 is 0 Å². The third kappa shape index (κ3) is 3.17. The zero-order chi connectivity index (χ0) is 9.90. The smallest absolute Gasteiger partial charge is 0.137 e. The third-order valence-electron chi connectivity index (χ3n) is 1.98. The predicted octanol–water partition coefficient (Wildman–Crippen LogP) is 2.40. The molecule has 1 saturated heterocycles. The van der Waals surface area contributed by atoms with Gasteiger partial charge in [0.2, 0.25) is 0 Å². The lowest BCUT2D eigenvalue weighted by Gasteiger charge is -2.22.